The Morgan fingerprint density at radius 3 is 2.75 bits per heavy atom. The van der Waals surface area contributed by atoms with E-state index in [0.717, 1.165) is 6.42 Å². The molecule has 0 N–H and O–H groups in total. The van der Waals surface area contributed by atoms with Crippen LogP contribution in [-0.2, 0) is 4.74 Å². The van der Waals surface area contributed by atoms with Crippen LogP contribution in [0.3, 0.4) is 0 Å². The summed E-state index contributed by atoms with van der Waals surface area (Å²) in [5.74, 6) is 1.86. The second-order valence-electron chi connectivity index (χ2n) is 4.02. The van der Waals surface area contributed by atoms with Gasteiger partial charge in [-0.3, -0.25) is 0 Å². The summed E-state index contributed by atoms with van der Waals surface area (Å²) >= 11 is 0. The first kappa shape index (κ1) is 7.90. The molecule has 2 rings (SSSR count). The molecule has 0 aromatic carbocycles. The van der Waals surface area contributed by atoms with Crippen LogP contribution in [0.25, 0.3) is 0 Å². The van der Waals surface area contributed by atoms with Gasteiger partial charge in [-0.1, -0.05) is 18.6 Å². The average Bonchev–Trinajstić information content (AvgIpc) is 2.68. The minimum atomic E-state index is 0.550. The van der Waals surface area contributed by atoms with Gasteiger partial charge in [-0.2, -0.15) is 0 Å². The van der Waals surface area contributed by atoms with Crippen molar-refractivity contribution in [3.8, 4) is 0 Å². The zero-order valence-corrected chi connectivity index (χ0v) is 7.84. The summed E-state index contributed by atoms with van der Waals surface area (Å²) in [6.45, 7) is 4.39. The van der Waals surface area contributed by atoms with Crippen LogP contribution in [0.1, 0.15) is 33.1 Å². The molecule has 0 spiro atoms. The first-order chi connectivity index (χ1) is 5.74. The summed E-state index contributed by atoms with van der Waals surface area (Å²) in [7, 11) is 0. The molecule has 1 heteroatoms. The van der Waals surface area contributed by atoms with Crippen LogP contribution < -0.4 is 0 Å². The van der Waals surface area contributed by atoms with Gasteiger partial charge in [0.2, 0.25) is 0 Å². The molecule has 2 aliphatic rings. The molecule has 1 fully saturated rings. The monoisotopic (exact) mass is 164 g/mol. The summed E-state index contributed by atoms with van der Waals surface area (Å²) in [5, 5.41) is 0. The highest BCUT2D eigenvalue weighted by Crippen LogP contribution is 2.31. The molecule has 66 valence electrons. The lowest BCUT2D eigenvalue weighted by atomic mass is 9.97. The molecule has 0 saturated heterocycles. The Bertz CT molecular complexity index is 233. The van der Waals surface area contributed by atoms with Gasteiger partial charge in [-0.25, -0.2) is 0 Å². The maximum absolute atomic E-state index is 5.76. The summed E-state index contributed by atoms with van der Waals surface area (Å²) in [6, 6.07) is 0. The lowest BCUT2D eigenvalue weighted by Crippen LogP contribution is -2.04. The second kappa shape index (κ2) is 2.96. The SMILES string of the molecule is CC1=CC(C)CC(OC2CC2)=C1. The highest BCUT2D eigenvalue weighted by atomic mass is 16.5. The highest BCUT2D eigenvalue weighted by Gasteiger charge is 2.25. The van der Waals surface area contributed by atoms with Gasteiger partial charge >= 0.3 is 0 Å². The second-order valence-corrected chi connectivity index (χ2v) is 4.02. The molecule has 1 atom stereocenters. The maximum Gasteiger partial charge on any atom is 0.0985 e. The van der Waals surface area contributed by atoms with Crippen LogP contribution in [0, 0.1) is 5.92 Å². The van der Waals surface area contributed by atoms with Gasteiger partial charge in [-0.15, -0.1) is 0 Å². The zero-order chi connectivity index (χ0) is 8.55. The summed E-state index contributed by atoms with van der Waals surface area (Å²) in [6.07, 6.45) is 8.64. The van der Waals surface area contributed by atoms with Crippen molar-refractivity contribution in [3.63, 3.8) is 0 Å². The Morgan fingerprint density at radius 1 is 1.42 bits per heavy atom. The molecule has 1 unspecified atom stereocenters. The van der Waals surface area contributed by atoms with Crippen molar-refractivity contribution in [2.45, 2.75) is 39.2 Å². The van der Waals surface area contributed by atoms with Crippen molar-refractivity contribution in [1.82, 2.24) is 0 Å². The van der Waals surface area contributed by atoms with Crippen LogP contribution >= 0.6 is 0 Å². The first-order valence-corrected chi connectivity index (χ1v) is 4.79. The Kier molecular flexibility index (Phi) is 1.95. The van der Waals surface area contributed by atoms with E-state index in [0.29, 0.717) is 12.0 Å². The maximum atomic E-state index is 5.76. The number of allylic oxidation sites excluding steroid dienone is 4. The van der Waals surface area contributed by atoms with E-state index in [-0.39, 0.29) is 0 Å². The smallest absolute Gasteiger partial charge is 0.0985 e. The summed E-state index contributed by atoms with van der Waals surface area (Å²) in [4.78, 5) is 0. The molecule has 0 aromatic rings. The molecule has 1 saturated carbocycles. The minimum Gasteiger partial charge on any atom is -0.495 e. The van der Waals surface area contributed by atoms with E-state index in [9.17, 15) is 0 Å². The normalized spacial score (nSPS) is 29.3. The molecule has 0 aromatic heterocycles. The molecule has 0 amide bonds. The summed E-state index contributed by atoms with van der Waals surface area (Å²) in [5.41, 5.74) is 1.35. The van der Waals surface area contributed by atoms with Gasteiger partial charge in [0.15, 0.2) is 0 Å². The number of ether oxygens (including phenoxy) is 1. The third kappa shape index (κ3) is 1.90. The third-order valence-electron chi connectivity index (χ3n) is 2.30. The topological polar surface area (TPSA) is 9.23 Å². The van der Waals surface area contributed by atoms with E-state index >= 15 is 0 Å². The molecule has 2 aliphatic carbocycles. The quantitative estimate of drug-likeness (QED) is 0.609. The third-order valence-corrected chi connectivity index (χ3v) is 2.30. The Labute approximate surface area is 74.1 Å². The Balaban J connectivity index is 1.99. The van der Waals surface area contributed by atoms with Crippen molar-refractivity contribution in [2.75, 3.05) is 0 Å². The van der Waals surface area contributed by atoms with Crippen molar-refractivity contribution in [3.05, 3.63) is 23.5 Å². The highest BCUT2D eigenvalue weighted by molar-refractivity contribution is 5.24. The standard InChI is InChI=1S/C11H16O/c1-8-5-9(2)7-11(6-8)12-10-3-4-10/h5-6,9-10H,3-4,7H2,1-2H3. The minimum absolute atomic E-state index is 0.550. The molecule has 0 radical (unpaired) electrons. The van der Waals surface area contributed by atoms with Crippen LogP contribution in [0.5, 0.6) is 0 Å². The summed E-state index contributed by atoms with van der Waals surface area (Å²) < 4.78 is 5.76. The van der Waals surface area contributed by atoms with Crippen molar-refractivity contribution < 1.29 is 4.74 Å². The molecular formula is C11H16O. The largest absolute Gasteiger partial charge is 0.495 e. The lowest BCUT2D eigenvalue weighted by molar-refractivity contribution is 0.180. The zero-order valence-electron chi connectivity index (χ0n) is 7.84. The Morgan fingerprint density at radius 2 is 2.17 bits per heavy atom. The lowest BCUT2D eigenvalue weighted by Gasteiger charge is -2.17. The van der Waals surface area contributed by atoms with E-state index in [1.807, 2.05) is 0 Å². The number of rotatable bonds is 2. The molecular weight excluding hydrogens is 148 g/mol. The predicted molar refractivity (Wildman–Crippen MR) is 49.7 cm³/mol. The fourth-order valence-corrected chi connectivity index (χ4v) is 1.67. The number of hydrogen-bond acceptors (Lipinski definition) is 1. The van der Waals surface area contributed by atoms with Gasteiger partial charge in [0.1, 0.15) is 0 Å². The molecule has 0 heterocycles. The average molecular weight is 164 g/mol. The van der Waals surface area contributed by atoms with E-state index in [4.69, 9.17) is 4.74 Å². The fraction of sp³-hybridized carbons (Fsp3) is 0.636. The Hall–Kier alpha value is -0.720. The van der Waals surface area contributed by atoms with Gasteiger partial charge in [0, 0.05) is 6.42 Å². The van der Waals surface area contributed by atoms with Crippen molar-refractivity contribution in [1.29, 1.82) is 0 Å². The van der Waals surface area contributed by atoms with Gasteiger partial charge in [-0.05, 0) is 31.8 Å². The van der Waals surface area contributed by atoms with Crippen LogP contribution in [0.15, 0.2) is 23.5 Å². The van der Waals surface area contributed by atoms with Crippen molar-refractivity contribution >= 4 is 0 Å². The van der Waals surface area contributed by atoms with Crippen molar-refractivity contribution in [2.24, 2.45) is 5.92 Å². The van der Waals surface area contributed by atoms with Gasteiger partial charge < -0.3 is 4.74 Å². The molecule has 0 aliphatic heterocycles. The van der Waals surface area contributed by atoms with E-state index in [1.54, 1.807) is 0 Å². The van der Waals surface area contributed by atoms with E-state index < -0.39 is 0 Å². The first-order valence-electron chi connectivity index (χ1n) is 4.79. The van der Waals surface area contributed by atoms with Crippen LogP contribution in [0.2, 0.25) is 0 Å². The molecule has 1 nitrogen and oxygen atoms in total. The van der Waals surface area contributed by atoms with Gasteiger partial charge in [0.05, 0.1) is 11.9 Å². The molecule has 12 heavy (non-hydrogen) atoms. The van der Waals surface area contributed by atoms with Gasteiger partial charge in [0.25, 0.3) is 0 Å². The van der Waals surface area contributed by atoms with Crippen LogP contribution in [0.4, 0.5) is 0 Å². The fourth-order valence-electron chi connectivity index (χ4n) is 1.67. The van der Waals surface area contributed by atoms with Crippen LogP contribution in [-0.4, -0.2) is 6.10 Å². The van der Waals surface area contributed by atoms with E-state index in [1.165, 1.54) is 24.2 Å². The predicted octanol–water partition coefficient (Wildman–Crippen LogP) is 3.04. The number of hydrogen-bond donors (Lipinski definition) is 0. The molecule has 0 bridgehead atoms. The van der Waals surface area contributed by atoms with E-state index in [2.05, 4.69) is 26.0 Å².